The number of nitrogens with one attached hydrogen (secondary N) is 4. The largest absolute Gasteiger partial charge is 0.494 e. The molecule has 46 heavy (non-hydrogen) atoms. The van der Waals surface area contributed by atoms with Gasteiger partial charge in [0.25, 0.3) is 11.8 Å². The van der Waals surface area contributed by atoms with Crippen molar-refractivity contribution in [1.82, 2.24) is 10.6 Å². The van der Waals surface area contributed by atoms with E-state index in [2.05, 4.69) is 10.6 Å². The van der Waals surface area contributed by atoms with E-state index >= 15 is 0 Å². The summed E-state index contributed by atoms with van der Waals surface area (Å²) in [6.07, 6.45) is 3.97. The van der Waals surface area contributed by atoms with Gasteiger partial charge >= 0.3 is 0 Å². The molecule has 0 unspecified atom stereocenters. The third-order valence-corrected chi connectivity index (χ3v) is 7.25. The predicted molar refractivity (Wildman–Crippen MR) is 180 cm³/mol. The molecule has 0 fully saturated rings. The monoisotopic (exact) mass is 620 g/mol. The lowest BCUT2D eigenvalue weighted by Gasteiger charge is -2.10. The molecule has 0 bridgehead atoms. The minimum atomic E-state index is -0.187. The second-order valence-corrected chi connectivity index (χ2v) is 10.7. The average molecular weight is 621 g/mol. The highest BCUT2D eigenvalue weighted by atomic mass is 16.5. The fourth-order valence-electron chi connectivity index (χ4n) is 4.52. The second kappa shape index (κ2) is 17.0. The average Bonchev–Trinajstić information content (AvgIpc) is 3.08. The molecule has 10 nitrogen and oxygen atoms in total. The summed E-state index contributed by atoms with van der Waals surface area (Å²) in [5.74, 6) is 1.16. The smallest absolute Gasteiger partial charge is 0.251 e. The first-order valence-electron chi connectivity index (χ1n) is 15.2. The summed E-state index contributed by atoms with van der Waals surface area (Å²) in [6, 6.07) is 28.6. The van der Waals surface area contributed by atoms with Crippen molar-refractivity contribution >= 4 is 23.5 Å². The summed E-state index contributed by atoms with van der Waals surface area (Å²) in [5.41, 5.74) is 15.0. The van der Waals surface area contributed by atoms with Crippen molar-refractivity contribution in [2.45, 2.75) is 38.8 Å². The van der Waals surface area contributed by atoms with Gasteiger partial charge in [0.15, 0.2) is 0 Å². The molecule has 0 saturated heterocycles. The molecule has 0 atom stereocenters. The SMILES string of the molecule is N=C(N)c1ccc(C(=O)NCc2ccc(OCCCCCCOc3ccc(CNC(=O)c4ccc(C(=N)N)cc4)cc3)cc2)cc1. The van der Waals surface area contributed by atoms with E-state index in [0.29, 0.717) is 48.6 Å². The maximum absolute atomic E-state index is 12.4. The Morgan fingerprint density at radius 3 is 1.15 bits per heavy atom. The zero-order chi connectivity index (χ0) is 32.7. The standard InChI is InChI=1S/C36H40N6O4/c37-33(38)27-9-13-29(14-10-27)35(43)41-23-25-5-17-31(18-6-25)45-21-3-1-2-4-22-46-32-19-7-26(8-20-32)24-42-36(44)30-15-11-28(12-16-30)34(39)40/h5-20H,1-4,21-24H2,(H3,37,38)(H3,39,40)(H,41,43)(H,42,44). The lowest BCUT2D eigenvalue weighted by Crippen LogP contribution is -2.23. The zero-order valence-electron chi connectivity index (χ0n) is 25.7. The third-order valence-electron chi connectivity index (χ3n) is 7.25. The Labute approximate surface area is 269 Å². The highest BCUT2D eigenvalue weighted by Crippen LogP contribution is 2.15. The fraction of sp³-hybridized carbons (Fsp3) is 0.222. The van der Waals surface area contributed by atoms with Gasteiger partial charge in [0.2, 0.25) is 0 Å². The van der Waals surface area contributed by atoms with Crippen LogP contribution in [0.3, 0.4) is 0 Å². The number of rotatable bonds is 17. The molecule has 2 amide bonds. The number of ether oxygens (including phenoxy) is 2. The first kappa shape index (κ1) is 33.3. The number of carbonyl (C=O) groups is 2. The number of amides is 2. The van der Waals surface area contributed by atoms with Gasteiger partial charge in [-0.3, -0.25) is 20.4 Å². The van der Waals surface area contributed by atoms with E-state index in [1.165, 1.54) is 0 Å². The Bertz CT molecular complexity index is 1480. The van der Waals surface area contributed by atoms with Crippen LogP contribution in [-0.2, 0) is 13.1 Å². The molecule has 0 aromatic heterocycles. The van der Waals surface area contributed by atoms with Gasteiger partial charge < -0.3 is 31.6 Å². The Kier molecular flexibility index (Phi) is 12.3. The number of hydrogen-bond donors (Lipinski definition) is 6. The van der Waals surface area contributed by atoms with E-state index in [1.54, 1.807) is 48.5 Å². The fourth-order valence-corrected chi connectivity index (χ4v) is 4.52. The number of nitrogens with two attached hydrogens (primary N) is 2. The second-order valence-electron chi connectivity index (χ2n) is 10.7. The van der Waals surface area contributed by atoms with Gasteiger partial charge in [-0.05, 0) is 85.3 Å². The summed E-state index contributed by atoms with van der Waals surface area (Å²) in [5, 5.41) is 20.7. The summed E-state index contributed by atoms with van der Waals surface area (Å²) in [6.45, 7) is 2.07. The summed E-state index contributed by atoms with van der Waals surface area (Å²) in [4.78, 5) is 24.7. The normalized spacial score (nSPS) is 10.5. The molecule has 0 spiro atoms. The van der Waals surface area contributed by atoms with Crippen molar-refractivity contribution in [2.24, 2.45) is 11.5 Å². The highest BCUT2D eigenvalue weighted by Gasteiger charge is 2.08. The summed E-state index contributed by atoms with van der Waals surface area (Å²) < 4.78 is 11.7. The molecule has 4 aromatic rings. The Balaban J connectivity index is 1.03. The van der Waals surface area contributed by atoms with Crippen LogP contribution in [0.2, 0.25) is 0 Å². The van der Waals surface area contributed by atoms with E-state index in [9.17, 15) is 9.59 Å². The van der Waals surface area contributed by atoms with Crippen LogP contribution in [0.15, 0.2) is 97.1 Å². The molecule has 0 aliphatic heterocycles. The Hall–Kier alpha value is -5.64. The minimum absolute atomic E-state index is 0.0299. The Morgan fingerprint density at radius 1 is 0.500 bits per heavy atom. The number of nitrogen functional groups attached to an aromatic ring is 2. The quantitative estimate of drug-likeness (QED) is 0.0541. The molecule has 0 radical (unpaired) electrons. The molecule has 238 valence electrons. The lowest BCUT2D eigenvalue weighted by molar-refractivity contribution is 0.0943. The van der Waals surface area contributed by atoms with Crippen LogP contribution in [0, 0.1) is 10.8 Å². The summed E-state index contributed by atoms with van der Waals surface area (Å²) >= 11 is 0. The molecule has 0 aliphatic carbocycles. The molecule has 0 aliphatic rings. The van der Waals surface area contributed by atoms with Crippen LogP contribution in [0.1, 0.15) is 68.7 Å². The first-order chi connectivity index (χ1) is 22.3. The molecule has 4 aromatic carbocycles. The van der Waals surface area contributed by atoms with Gasteiger partial charge in [-0.2, -0.15) is 0 Å². The van der Waals surface area contributed by atoms with Crippen molar-refractivity contribution in [3.05, 3.63) is 130 Å². The van der Waals surface area contributed by atoms with Crippen molar-refractivity contribution < 1.29 is 19.1 Å². The van der Waals surface area contributed by atoms with Gasteiger partial charge in [-0.15, -0.1) is 0 Å². The van der Waals surface area contributed by atoms with Crippen molar-refractivity contribution in [2.75, 3.05) is 13.2 Å². The van der Waals surface area contributed by atoms with Crippen LogP contribution >= 0.6 is 0 Å². The van der Waals surface area contributed by atoms with Crippen molar-refractivity contribution in [3.8, 4) is 11.5 Å². The van der Waals surface area contributed by atoms with E-state index < -0.39 is 0 Å². The summed E-state index contributed by atoms with van der Waals surface area (Å²) in [7, 11) is 0. The van der Waals surface area contributed by atoms with Crippen molar-refractivity contribution in [1.29, 1.82) is 10.8 Å². The molecule has 10 heteroatoms. The molecule has 0 heterocycles. The number of unbranched alkanes of at least 4 members (excludes halogenated alkanes) is 3. The van der Waals surface area contributed by atoms with Crippen LogP contribution in [0.25, 0.3) is 0 Å². The van der Waals surface area contributed by atoms with Crippen LogP contribution in [-0.4, -0.2) is 36.7 Å². The van der Waals surface area contributed by atoms with E-state index in [0.717, 1.165) is 48.3 Å². The minimum Gasteiger partial charge on any atom is -0.494 e. The highest BCUT2D eigenvalue weighted by molar-refractivity contribution is 5.99. The maximum atomic E-state index is 12.4. The van der Waals surface area contributed by atoms with Crippen molar-refractivity contribution in [3.63, 3.8) is 0 Å². The van der Waals surface area contributed by atoms with Gasteiger partial charge in [-0.1, -0.05) is 48.5 Å². The van der Waals surface area contributed by atoms with E-state index in [-0.39, 0.29) is 23.5 Å². The zero-order valence-corrected chi connectivity index (χ0v) is 25.7. The molecule has 0 saturated carbocycles. The molecule has 8 N–H and O–H groups in total. The van der Waals surface area contributed by atoms with Gasteiger partial charge in [-0.25, -0.2) is 0 Å². The van der Waals surface area contributed by atoms with Gasteiger partial charge in [0.1, 0.15) is 23.2 Å². The maximum Gasteiger partial charge on any atom is 0.251 e. The number of amidine groups is 2. The van der Waals surface area contributed by atoms with Gasteiger partial charge in [0.05, 0.1) is 13.2 Å². The van der Waals surface area contributed by atoms with E-state index in [4.69, 9.17) is 31.8 Å². The number of benzene rings is 4. The van der Waals surface area contributed by atoms with Crippen LogP contribution in [0.5, 0.6) is 11.5 Å². The Morgan fingerprint density at radius 2 is 0.826 bits per heavy atom. The molecular formula is C36H40N6O4. The first-order valence-corrected chi connectivity index (χ1v) is 15.2. The number of carbonyl (C=O) groups excluding carboxylic acids is 2. The predicted octanol–water partition coefficient (Wildman–Crippen LogP) is 5.13. The molecule has 4 rings (SSSR count). The van der Waals surface area contributed by atoms with Crippen LogP contribution in [0.4, 0.5) is 0 Å². The molecular weight excluding hydrogens is 580 g/mol. The van der Waals surface area contributed by atoms with E-state index in [1.807, 2.05) is 48.5 Å². The third kappa shape index (κ3) is 10.5. The number of hydrogen-bond acceptors (Lipinski definition) is 6. The lowest BCUT2D eigenvalue weighted by atomic mass is 10.1. The van der Waals surface area contributed by atoms with Gasteiger partial charge in [0, 0.05) is 35.3 Å². The van der Waals surface area contributed by atoms with Crippen LogP contribution < -0.4 is 31.6 Å². The topological polar surface area (TPSA) is 176 Å².